The van der Waals surface area contributed by atoms with Crippen LogP contribution in [0.25, 0.3) is 11.1 Å². The van der Waals surface area contributed by atoms with E-state index in [1.54, 1.807) is 53.6 Å². The monoisotopic (exact) mass is 473 g/mol. The molecule has 0 radical (unpaired) electrons. The predicted octanol–water partition coefficient (Wildman–Crippen LogP) is 4.10. The fourth-order valence-electron chi connectivity index (χ4n) is 3.48. The van der Waals surface area contributed by atoms with Crippen LogP contribution >= 0.6 is 0 Å². The van der Waals surface area contributed by atoms with Crippen LogP contribution < -0.4 is 15.4 Å². The maximum Gasteiger partial charge on any atom is 0.248 e. The average Bonchev–Trinajstić information content (AvgIpc) is 3.25. The Morgan fingerprint density at radius 2 is 1.69 bits per heavy atom. The number of hydrogen-bond donors (Lipinski definition) is 2. The number of halogens is 1. The number of carbonyl (C=O) groups is 2. The van der Waals surface area contributed by atoms with E-state index in [9.17, 15) is 14.0 Å². The van der Waals surface area contributed by atoms with Crippen molar-refractivity contribution in [1.29, 1.82) is 0 Å². The van der Waals surface area contributed by atoms with E-state index in [-0.39, 0.29) is 18.1 Å². The summed E-state index contributed by atoms with van der Waals surface area (Å²) in [7, 11) is 1.83. The Morgan fingerprint density at radius 1 is 1.00 bits per heavy atom. The summed E-state index contributed by atoms with van der Waals surface area (Å²) < 4.78 is 20.6. The summed E-state index contributed by atoms with van der Waals surface area (Å²) in [5.41, 5.74) is 2.41. The molecule has 1 unspecified atom stereocenters. The zero-order chi connectivity index (χ0) is 24.8. The number of pyridine rings is 1. The first kappa shape index (κ1) is 23.6. The molecule has 0 bridgehead atoms. The smallest absolute Gasteiger partial charge is 0.248 e. The standard InChI is InChI=1S/C26H24FN5O3/c1-17(33)30-24(14-21-15-32(2)16-29-21)26(34)31-25-13-19(11-12-28-25)18-3-7-22(8-4-18)35-23-9-5-20(27)6-10-23/h3-13,15-16,24H,14H2,1-2H3,(H,30,33)(H,28,31,34). The number of nitrogens with zero attached hydrogens (tertiary/aromatic N) is 3. The number of aryl methyl sites for hydroxylation is 1. The van der Waals surface area contributed by atoms with E-state index < -0.39 is 11.9 Å². The van der Waals surface area contributed by atoms with Gasteiger partial charge in [-0.15, -0.1) is 0 Å². The van der Waals surface area contributed by atoms with Crippen molar-refractivity contribution in [2.24, 2.45) is 7.05 Å². The Kier molecular flexibility index (Phi) is 7.15. The SMILES string of the molecule is CC(=O)NC(Cc1cn(C)cn1)C(=O)Nc1cc(-c2ccc(Oc3ccc(F)cc3)cc2)ccn1. The summed E-state index contributed by atoms with van der Waals surface area (Å²) in [5.74, 6) is 0.469. The van der Waals surface area contributed by atoms with Gasteiger partial charge in [0.15, 0.2) is 0 Å². The van der Waals surface area contributed by atoms with Crippen molar-refractivity contribution in [2.75, 3.05) is 5.32 Å². The summed E-state index contributed by atoms with van der Waals surface area (Å²) in [6.45, 7) is 1.36. The second kappa shape index (κ2) is 10.6. The number of anilines is 1. The third kappa shape index (κ3) is 6.50. The molecule has 0 saturated carbocycles. The van der Waals surface area contributed by atoms with E-state index in [1.165, 1.54) is 19.1 Å². The highest BCUT2D eigenvalue weighted by Gasteiger charge is 2.21. The summed E-state index contributed by atoms with van der Waals surface area (Å²) >= 11 is 0. The van der Waals surface area contributed by atoms with E-state index in [4.69, 9.17) is 4.74 Å². The maximum atomic E-state index is 13.1. The van der Waals surface area contributed by atoms with Gasteiger partial charge in [0.25, 0.3) is 0 Å². The Hall–Kier alpha value is -4.53. The van der Waals surface area contributed by atoms with Crippen molar-refractivity contribution in [3.05, 3.63) is 90.9 Å². The van der Waals surface area contributed by atoms with Crippen LogP contribution in [0.4, 0.5) is 10.2 Å². The lowest BCUT2D eigenvalue weighted by molar-refractivity contribution is -0.125. The van der Waals surface area contributed by atoms with Gasteiger partial charge in [0.1, 0.15) is 29.2 Å². The highest BCUT2D eigenvalue weighted by Crippen LogP contribution is 2.27. The minimum Gasteiger partial charge on any atom is -0.457 e. The van der Waals surface area contributed by atoms with E-state index >= 15 is 0 Å². The maximum absolute atomic E-state index is 13.1. The second-order valence-corrected chi connectivity index (χ2v) is 7.99. The number of rotatable bonds is 8. The van der Waals surface area contributed by atoms with Gasteiger partial charge in [-0.1, -0.05) is 12.1 Å². The van der Waals surface area contributed by atoms with Crippen molar-refractivity contribution in [3.8, 4) is 22.6 Å². The Balaban J connectivity index is 1.45. The number of benzene rings is 2. The molecule has 0 saturated heterocycles. The van der Waals surface area contributed by atoms with Crippen molar-refractivity contribution in [3.63, 3.8) is 0 Å². The number of imidazole rings is 1. The molecule has 0 aliphatic carbocycles. The predicted molar refractivity (Wildman–Crippen MR) is 129 cm³/mol. The summed E-state index contributed by atoms with van der Waals surface area (Å²) in [6, 6.07) is 15.9. The average molecular weight is 474 g/mol. The number of ether oxygens (including phenoxy) is 1. The van der Waals surface area contributed by atoms with Crippen LogP contribution in [0.2, 0.25) is 0 Å². The number of amides is 2. The number of hydrogen-bond acceptors (Lipinski definition) is 5. The third-order valence-electron chi connectivity index (χ3n) is 5.11. The van der Waals surface area contributed by atoms with Crippen LogP contribution in [0.3, 0.4) is 0 Å². The van der Waals surface area contributed by atoms with Crippen LogP contribution in [-0.2, 0) is 23.1 Å². The van der Waals surface area contributed by atoms with Crippen LogP contribution in [0.5, 0.6) is 11.5 Å². The van der Waals surface area contributed by atoms with E-state index in [1.807, 2.05) is 25.2 Å². The number of nitrogens with one attached hydrogen (secondary N) is 2. The molecule has 0 spiro atoms. The lowest BCUT2D eigenvalue weighted by Gasteiger charge is -2.16. The van der Waals surface area contributed by atoms with Gasteiger partial charge in [0.05, 0.1) is 12.0 Å². The molecule has 2 aromatic heterocycles. The van der Waals surface area contributed by atoms with Gasteiger partial charge in [-0.2, -0.15) is 0 Å². The van der Waals surface area contributed by atoms with Crippen LogP contribution in [0, 0.1) is 5.82 Å². The van der Waals surface area contributed by atoms with E-state index in [2.05, 4.69) is 20.6 Å². The zero-order valence-electron chi connectivity index (χ0n) is 19.2. The molecule has 4 aromatic rings. The molecule has 0 fully saturated rings. The Bertz CT molecular complexity index is 1320. The quantitative estimate of drug-likeness (QED) is 0.402. The van der Waals surface area contributed by atoms with Crippen LogP contribution in [0.15, 0.2) is 79.4 Å². The summed E-state index contributed by atoms with van der Waals surface area (Å²) in [5, 5.41) is 5.45. The van der Waals surface area contributed by atoms with Gasteiger partial charge in [-0.25, -0.2) is 14.4 Å². The van der Waals surface area contributed by atoms with Crippen molar-refractivity contribution < 1.29 is 18.7 Å². The first-order valence-electron chi connectivity index (χ1n) is 10.9. The molecule has 2 N–H and O–H groups in total. The second-order valence-electron chi connectivity index (χ2n) is 7.99. The van der Waals surface area contributed by atoms with Gasteiger partial charge in [0.2, 0.25) is 11.8 Å². The highest BCUT2D eigenvalue weighted by molar-refractivity contribution is 5.96. The van der Waals surface area contributed by atoms with Gasteiger partial charge in [-0.3, -0.25) is 9.59 Å². The minimum atomic E-state index is -0.796. The molecule has 35 heavy (non-hydrogen) atoms. The van der Waals surface area contributed by atoms with E-state index in [0.717, 1.165) is 11.1 Å². The normalized spacial score (nSPS) is 11.5. The largest absolute Gasteiger partial charge is 0.457 e. The lowest BCUT2D eigenvalue weighted by Crippen LogP contribution is -2.44. The molecular weight excluding hydrogens is 449 g/mol. The molecule has 1 atom stereocenters. The molecule has 4 rings (SSSR count). The summed E-state index contributed by atoms with van der Waals surface area (Å²) in [4.78, 5) is 33.0. The van der Waals surface area contributed by atoms with Gasteiger partial charge < -0.3 is 19.9 Å². The topological polar surface area (TPSA) is 98.1 Å². The Morgan fingerprint density at radius 3 is 2.31 bits per heavy atom. The molecular formula is C26H24FN5O3. The molecule has 2 amide bonds. The molecule has 0 aliphatic rings. The number of aromatic nitrogens is 3. The zero-order valence-corrected chi connectivity index (χ0v) is 19.2. The first-order chi connectivity index (χ1) is 16.9. The first-order valence-corrected chi connectivity index (χ1v) is 10.9. The fraction of sp³-hybridized carbons (Fsp3) is 0.154. The van der Waals surface area contributed by atoms with Crippen LogP contribution in [-0.4, -0.2) is 32.4 Å². The highest BCUT2D eigenvalue weighted by atomic mass is 19.1. The van der Waals surface area contributed by atoms with Gasteiger partial charge >= 0.3 is 0 Å². The minimum absolute atomic E-state index is 0.251. The molecule has 9 heteroatoms. The fourth-order valence-corrected chi connectivity index (χ4v) is 3.48. The van der Waals surface area contributed by atoms with Crippen molar-refractivity contribution in [2.45, 2.75) is 19.4 Å². The number of carbonyl (C=O) groups excluding carboxylic acids is 2. The molecule has 178 valence electrons. The molecule has 0 aliphatic heterocycles. The molecule has 2 heterocycles. The lowest BCUT2D eigenvalue weighted by atomic mass is 10.1. The molecule has 8 nitrogen and oxygen atoms in total. The summed E-state index contributed by atoms with van der Waals surface area (Å²) in [6.07, 6.45) is 5.28. The van der Waals surface area contributed by atoms with Gasteiger partial charge in [0, 0.05) is 32.8 Å². The van der Waals surface area contributed by atoms with E-state index in [0.29, 0.717) is 23.0 Å². The Labute approximate surface area is 201 Å². The third-order valence-corrected chi connectivity index (χ3v) is 5.11. The van der Waals surface area contributed by atoms with Crippen molar-refractivity contribution in [1.82, 2.24) is 19.9 Å². The van der Waals surface area contributed by atoms with Crippen molar-refractivity contribution >= 4 is 17.6 Å². The molecule has 2 aromatic carbocycles. The van der Waals surface area contributed by atoms with Gasteiger partial charge in [-0.05, 0) is 59.7 Å². The van der Waals surface area contributed by atoms with Crippen LogP contribution in [0.1, 0.15) is 12.6 Å².